The second kappa shape index (κ2) is 7.31. The number of aromatic nitrogens is 4. The van der Waals surface area contributed by atoms with Crippen molar-refractivity contribution < 1.29 is 9.53 Å². The summed E-state index contributed by atoms with van der Waals surface area (Å²) in [6.07, 6.45) is 6.69. The van der Waals surface area contributed by atoms with Crippen LogP contribution in [0, 0.1) is 0 Å². The smallest absolute Gasteiger partial charge is 0.272 e. The molecule has 25 heavy (non-hydrogen) atoms. The Bertz CT molecular complexity index is 712. The van der Waals surface area contributed by atoms with E-state index in [9.17, 15) is 4.79 Å². The zero-order chi connectivity index (χ0) is 17.9. The fraction of sp³-hybridized carbons (Fsp3) is 0.556. The van der Waals surface area contributed by atoms with E-state index in [1.807, 2.05) is 0 Å². The molecule has 1 saturated heterocycles. The minimum atomic E-state index is -0.216. The fourth-order valence-electron chi connectivity index (χ4n) is 2.66. The monoisotopic (exact) mass is 343 g/mol. The Labute approximate surface area is 147 Å². The molecule has 1 amide bonds. The van der Waals surface area contributed by atoms with Gasteiger partial charge in [-0.25, -0.2) is 9.97 Å². The van der Waals surface area contributed by atoms with Crippen LogP contribution in [0.4, 0.5) is 0 Å². The highest BCUT2D eigenvalue weighted by Gasteiger charge is 2.20. The maximum atomic E-state index is 12.2. The maximum absolute atomic E-state index is 12.2. The van der Waals surface area contributed by atoms with Crippen molar-refractivity contribution in [2.24, 2.45) is 0 Å². The highest BCUT2D eigenvalue weighted by molar-refractivity contribution is 5.92. The summed E-state index contributed by atoms with van der Waals surface area (Å²) < 4.78 is 5.68. The number of carbonyl (C=O) groups excluding carboxylic acids is 1. The van der Waals surface area contributed by atoms with Crippen molar-refractivity contribution in [1.82, 2.24) is 25.5 Å². The van der Waals surface area contributed by atoms with E-state index in [4.69, 9.17) is 4.74 Å². The summed E-state index contributed by atoms with van der Waals surface area (Å²) in [5.74, 6) is 0.503. The molecule has 134 valence electrons. The molecule has 1 aliphatic heterocycles. The fourth-order valence-corrected chi connectivity index (χ4v) is 2.66. The molecule has 7 nitrogen and oxygen atoms in total. The Hall–Kier alpha value is -2.28. The summed E-state index contributed by atoms with van der Waals surface area (Å²) in [6.45, 7) is 7.33. The van der Waals surface area contributed by atoms with E-state index in [1.165, 1.54) is 0 Å². The molecule has 0 spiro atoms. The summed E-state index contributed by atoms with van der Waals surface area (Å²) in [7, 11) is 0. The predicted molar refractivity (Wildman–Crippen MR) is 93.0 cm³/mol. The largest absolute Gasteiger partial charge is 0.370 e. The third-order valence-electron chi connectivity index (χ3n) is 4.26. The van der Waals surface area contributed by atoms with Crippen LogP contribution < -0.4 is 5.32 Å². The second-order valence-corrected chi connectivity index (χ2v) is 7.40. The lowest BCUT2D eigenvalue weighted by Crippen LogP contribution is -2.23. The van der Waals surface area contributed by atoms with Crippen molar-refractivity contribution in [3.63, 3.8) is 0 Å². The zero-order valence-electron chi connectivity index (χ0n) is 15.0. The number of aromatic amines is 1. The van der Waals surface area contributed by atoms with E-state index in [0.717, 1.165) is 43.0 Å². The molecule has 0 bridgehead atoms. The lowest BCUT2D eigenvalue weighted by molar-refractivity contribution is 0.00940. The second-order valence-electron chi connectivity index (χ2n) is 7.40. The Balaban J connectivity index is 1.56. The summed E-state index contributed by atoms with van der Waals surface area (Å²) in [4.78, 5) is 21.0. The van der Waals surface area contributed by atoms with E-state index in [-0.39, 0.29) is 17.4 Å². The third-order valence-corrected chi connectivity index (χ3v) is 4.26. The first-order chi connectivity index (χ1) is 11.9. The Morgan fingerprint density at radius 3 is 2.68 bits per heavy atom. The van der Waals surface area contributed by atoms with Crippen molar-refractivity contribution in [3.8, 4) is 0 Å². The summed E-state index contributed by atoms with van der Waals surface area (Å²) in [6, 6.07) is 1.79. The van der Waals surface area contributed by atoms with Crippen molar-refractivity contribution in [2.45, 2.75) is 58.1 Å². The number of amides is 1. The summed E-state index contributed by atoms with van der Waals surface area (Å²) in [5.41, 5.74) is 2.09. The standard InChI is InChI=1S/C18H25N5O2/c1-18(2,3)15-8-13(22-23-15)17(24)21-11-12-9-19-16(20-10-12)14-6-4-5-7-25-14/h8-10,14H,4-7,11H2,1-3H3,(H,21,24)(H,22,23)/t14-/m1/s1. The van der Waals surface area contributed by atoms with Gasteiger partial charge in [-0.1, -0.05) is 20.8 Å². The molecule has 0 aliphatic carbocycles. The van der Waals surface area contributed by atoms with Crippen LogP contribution in [0.25, 0.3) is 0 Å². The van der Waals surface area contributed by atoms with Gasteiger partial charge in [0.2, 0.25) is 0 Å². The Morgan fingerprint density at radius 2 is 2.08 bits per heavy atom. The molecule has 2 N–H and O–H groups in total. The number of carbonyl (C=O) groups is 1. The van der Waals surface area contributed by atoms with Gasteiger partial charge in [-0.2, -0.15) is 5.10 Å². The van der Waals surface area contributed by atoms with Crippen LogP contribution in [0.5, 0.6) is 0 Å². The molecule has 1 aliphatic rings. The van der Waals surface area contributed by atoms with Crippen LogP contribution in [0.1, 0.15) is 73.7 Å². The van der Waals surface area contributed by atoms with Gasteiger partial charge >= 0.3 is 0 Å². The van der Waals surface area contributed by atoms with Gasteiger partial charge in [-0.05, 0) is 25.3 Å². The molecular weight excluding hydrogens is 318 g/mol. The van der Waals surface area contributed by atoms with Crippen LogP contribution >= 0.6 is 0 Å². The molecule has 1 atom stereocenters. The SMILES string of the molecule is CC(C)(C)c1cc(C(=O)NCc2cnc([C@H]3CCCCO3)nc2)n[nH]1. The summed E-state index contributed by atoms with van der Waals surface area (Å²) >= 11 is 0. The lowest BCUT2D eigenvalue weighted by Gasteiger charge is -2.21. The van der Waals surface area contributed by atoms with Gasteiger partial charge in [0.25, 0.3) is 5.91 Å². The van der Waals surface area contributed by atoms with E-state index in [1.54, 1.807) is 18.5 Å². The average Bonchev–Trinajstić information content (AvgIpc) is 3.11. The Kier molecular flexibility index (Phi) is 5.13. The number of H-pyrrole nitrogens is 1. The van der Waals surface area contributed by atoms with Crippen molar-refractivity contribution in [3.05, 3.63) is 41.2 Å². The molecular formula is C18H25N5O2. The summed E-state index contributed by atoms with van der Waals surface area (Å²) in [5, 5.41) is 9.85. The number of hydrogen-bond donors (Lipinski definition) is 2. The van der Waals surface area contributed by atoms with Crippen LogP contribution in [-0.4, -0.2) is 32.7 Å². The van der Waals surface area contributed by atoms with Gasteiger partial charge in [0.05, 0.1) is 0 Å². The van der Waals surface area contributed by atoms with Gasteiger partial charge in [0.1, 0.15) is 11.8 Å². The van der Waals surface area contributed by atoms with Gasteiger partial charge in [0, 0.05) is 42.2 Å². The zero-order valence-corrected chi connectivity index (χ0v) is 15.0. The molecule has 0 unspecified atom stereocenters. The average molecular weight is 343 g/mol. The number of ether oxygens (including phenoxy) is 1. The highest BCUT2D eigenvalue weighted by Crippen LogP contribution is 2.24. The first-order valence-electron chi connectivity index (χ1n) is 8.70. The number of rotatable bonds is 4. The van der Waals surface area contributed by atoms with Crippen molar-refractivity contribution in [2.75, 3.05) is 6.61 Å². The van der Waals surface area contributed by atoms with Gasteiger partial charge in [0.15, 0.2) is 5.82 Å². The molecule has 0 aromatic carbocycles. The van der Waals surface area contributed by atoms with E-state index in [0.29, 0.717) is 12.2 Å². The maximum Gasteiger partial charge on any atom is 0.272 e. The number of hydrogen-bond acceptors (Lipinski definition) is 5. The molecule has 1 fully saturated rings. The Morgan fingerprint density at radius 1 is 1.32 bits per heavy atom. The van der Waals surface area contributed by atoms with Crippen molar-refractivity contribution in [1.29, 1.82) is 0 Å². The van der Waals surface area contributed by atoms with Crippen LogP contribution in [-0.2, 0) is 16.7 Å². The number of nitrogens with one attached hydrogen (secondary N) is 2. The quantitative estimate of drug-likeness (QED) is 0.890. The number of nitrogens with zero attached hydrogens (tertiary/aromatic N) is 3. The molecule has 2 aromatic heterocycles. The predicted octanol–water partition coefficient (Wildman–Crippen LogP) is 2.67. The molecule has 3 heterocycles. The molecule has 0 radical (unpaired) electrons. The molecule has 2 aromatic rings. The van der Waals surface area contributed by atoms with E-state index < -0.39 is 0 Å². The van der Waals surface area contributed by atoms with Gasteiger partial charge in [-0.3, -0.25) is 9.89 Å². The minimum absolute atomic E-state index is 0.00253. The lowest BCUT2D eigenvalue weighted by atomic mass is 9.92. The van der Waals surface area contributed by atoms with Crippen LogP contribution in [0.3, 0.4) is 0 Å². The highest BCUT2D eigenvalue weighted by atomic mass is 16.5. The molecule has 7 heteroatoms. The van der Waals surface area contributed by atoms with Crippen LogP contribution in [0.15, 0.2) is 18.5 Å². The first kappa shape index (κ1) is 17.5. The topological polar surface area (TPSA) is 92.8 Å². The minimum Gasteiger partial charge on any atom is -0.370 e. The third kappa shape index (κ3) is 4.42. The van der Waals surface area contributed by atoms with Crippen LogP contribution in [0.2, 0.25) is 0 Å². The molecule has 0 saturated carbocycles. The first-order valence-corrected chi connectivity index (χ1v) is 8.70. The van der Waals surface area contributed by atoms with E-state index in [2.05, 4.69) is 46.3 Å². The van der Waals surface area contributed by atoms with Crippen molar-refractivity contribution >= 4 is 5.91 Å². The van der Waals surface area contributed by atoms with Gasteiger partial charge in [-0.15, -0.1) is 0 Å². The molecule has 3 rings (SSSR count). The van der Waals surface area contributed by atoms with E-state index >= 15 is 0 Å². The van der Waals surface area contributed by atoms with Gasteiger partial charge < -0.3 is 10.1 Å². The normalized spacial score (nSPS) is 18.1.